The number of hydrogen-bond donors (Lipinski definition) is 3. The largest absolute Gasteiger partial charge is 0.344 e. The van der Waals surface area contributed by atoms with E-state index in [1.807, 2.05) is 37.3 Å². The van der Waals surface area contributed by atoms with Crippen LogP contribution in [0.15, 0.2) is 48.5 Å². The number of carbonyl (C=O) groups excluding carboxylic acids is 3. The van der Waals surface area contributed by atoms with E-state index in [1.165, 1.54) is 6.92 Å². The Labute approximate surface area is 174 Å². The van der Waals surface area contributed by atoms with E-state index in [0.29, 0.717) is 6.07 Å². The zero-order valence-electron chi connectivity index (χ0n) is 17.0. The zero-order chi connectivity index (χ0) is 22.3. The standard InChI is InChI=1S/C22H25F2N3O3/c1-13(17-7-5-4-6-8-17)25-14(2)21(29)27-22(30)15(3)26-20(28)11-16-9-18(23)12-19(24)10-16/h4-10,12-15,25H,11H2,1-3H3,(H,26,28)(H,27,29,30)/t13-,14+,15+/m1/s1. The molecule has 3 atom stereocenters. The van der Waals surface area contributed by atoms with E-state index in [2.05, 4.69) is 16.0 Å². The maximum absolute atomic E-state index is 13.2. The van der Waals surface area contributed by atoms with Gasteiger partial charge in [-0.1, -0.05) is 30.3 Å². The summed E-state index contributed by atoms with van der Waals surface area (Å²) in [5.41, 5.74) is 1.14. The van der Waals surface area contributed by atoms with Crippen LogP contribution in [0, 0.1) is 11.6 Å². The van der Waals surface area contributed by atoms with Gasteiger partial charge in [-0.3, -0.25) is 25.0 Å². The highest BCUT2D eigenvalue weighted by molar-refractivity contribution is 6.00. The predicted molar refractivity (Wildman–Crippen MR) is 108 cm³/mol. The fourth-order valence-electron chi connectivity index (χ4n) is 2.88. The smallest absolute Gasteiger partial charge is 0.248 e. The van der Waals surface area contributed by atoms with Crippen LogP contribution in [0.4, 0.5) is 8.78 Å². The number of hydrogen-bond acceptors (Lipinski definition) is 4. The minimum Gasteiger partial charge on any atom is -0.344 e. The molecule has 8 heteroatoms. The lowest BCUT2D eigenvalue weighted by Crippen LogP contribution is -2.51. The van der Waals surface area contributed by atoms with Crippen molar-refractivity contribution in [1.82, 2.24) is 16.0 Å². The Morgan fingerprint density at radius 2 is 1.43 bits per heavy atom. The molecule has 30 heavy (non-hydrogen) atoms. The van der Waals surface area contributed by atoms with Crippen LogP contribution in [0.25, 0.3) is 0 Å². The Bertz CT molecular complexity index is 886. The first-order valence-corrected chi connectivity index (χ1v) is 9.55. The van der Waals surface area contributed by atoms with Gasteiger partial charge in [-0.15, -0.1) is 0 Å². The molecule has 3 N–H and O–H groups in total. The van der Waals surface area contributed by atoms with Crippen LogP contribution >= 0.6 is 0 Å². The first-order chi connectivity index (χ1) is 14.2. The number of imide groups is 1. The van der Waals surface area contributed by atoms with Crippen LogP contribution in [-0.4, -0.2) is 29.8 Å². The fourth-order valence-corrected chi connectivity index (χ4v) is 2.88. The van der Waals surface area contributed by atoms with Crippen molar-refractivity contribution in [3.8, 4) is 0 Å². The second-order valence-electron chi connectivity index (χ2n) is 7.12. The Morgan fingerprint density at radius 3 is 2.03 bits per heavy atom. The normalized spacial score (nSPS) is 13.8. The molecule has 0 saturated carbocycles. The van der Waals surface area contributed by atoms with Gasteiger partial charge >= 0.3 is 0 Å². The summed E-state index contributed by atoms with van der Waals surface area (Å²) in [5, 5.41) is 7.76. The van der Waals surface area contributed by atoms with Crippen LogP contribution in [-0.2, 0) is 20.8 Å². The van der Waals surface area contributed by atoms with Crippen LogP contribution < -0.4 is 16.0 Å². The van der Waals surface area contributed by atoms with Gasteiger partial charge in [0.1, 0.15) is 17.7 Å². The maximum Gasteiger partial charge on any atom is 0.248 e. The molecule has 0 unspecified atom stereocenters. The van der Waals surface area contributed by atoms with Crippen molar-refractivity contribution in [1.29, 1.82) is 0 Å². The first-order valence-electron chi connectivity index (χ1n) is 9.55. The molecule has 0 aliphatic heterocycles. The van der Waals surface area contributed by atoms with Crippen LogP contribution in [0.2, 0.25) is 0 Å². The monoisotopic (exact) mass is 417 g/mol. The summed E-state index contributed by atoms with van der Waals surface area (Å²) in [5.74, 6) is -3.39. The molecule has 0 aromatic heterocycles. The maximum atomic E-state index is 13.2. The Balaban J connectivity index is 1.83. The third kappa shape index (κ3) is 7.04. The molecular formula is C22H25F2N3O3. The van der Waals surface area contributed by atoms with Gasteiger partial charge in [0.2, 0.25) is 17.7 Å². The van der Waals surface area contributed by atoms with Crippen molar-refractivity contribution >= 4 is 17.7 Å². The van der Waals surface area contributed by atoms with E-state index in [1.54, 1.807) is 6.92 Å². The topological polar surface area (TPSA) is 87.3 Å². The number of amides is 3. The van der Waals surface area contributed by atoms with Crippen LogP contribution in [0.3, 0.4) is 0 Å². The van der Waals surface area contributed by atoms with Gasteiger partial charge in [-0.2, -0.15) is 0 Å². The lowest BCUT2D eigenvalue weighted by Gasteiger charge is -2.20. The lowest BCUT2D eigenvalue weighted by atomic mass is 10.1. The minimum atomic E-state index is -1.00. The van der Waals surface area contributed by atoms with E-state index >= 15 is 0 Å². The zero-order valence-corrected chi connectivity index (χ0v) is 17.0. The van der Waals surface area contributed by atoms with Crippen molar-refractivity contribution in [3.05, 3.63) is 71.3 Å². The number of halogens is 2. The molecule has 3 amide bonds. The molecule has 0 fully saturated rings. The molecule has 0 bridgehead atoms. The third-order valence-electron chi connectivity index (χ3n) is 4.50. The summed E-state index contributed by atoms with van der Waals surface area (Å²) in [6.45, 7) is 4.94. The van der Waals surface area contributed by atoms with Crippen LogP contribution in [0.5, 0.6) is 0 Å². The number of benzene rings is 2. The Kier molecular flexibility index (Phi) is 8.17. The van der Waals surface area contributed by atoms with E-state index in [-0.39, 0.29) is 18.0 Å². The molecule has 0 radical (unpaired) electrons. The van der Waals surface area contributed by atoms with Gasteiger partial charge in [0.15, 0.2) is 0 Å². The van der Waals surface area contributed by atoms with Crippen LogP contribution in [0.1, 0.15) is 37.9 Å². The quantitative estimate of drug-likeness (QED) is 0.616. The highest BCUT2D eigenvalue weighted by Crippen LogP contribution is 2.12. The third-order valence-corrected chi connectivity index (χ3v) is 4.50. The van der Waals surface area contributed by atoms with Crippen molar-refractivity contribution < 1.29 is 23.2 Å². The molecule has 2 rings (SSSR count). The van der Waals surface area contributed by atoms with E-state index in [9.17, 15) is 23.2 Å². The summed E-state index contributed by atoms with van der Waals surface area (Å²) in [6.07, 6.45) is -0.299. The summed E-state index contributed by atoms with van der Waals surface area (Å²) in [7, 11) is 0. The van der Waals surface area contributed by atoms with E-state index in [0.717, 1.165) is 17.7 Å². The van der Waals surface area contributed by atoms with E-state index < -0.39 is 41.4 Å². The van der Waals surface area contributed by atoms with Gasteiger partial charge in [0.25, 0.3) is 0 Å². The summed E-state index contributed by atoms with van der Waals surface area (Å²) < 4.78 is 26.4. The minimum absolute atomic E-state index is 0.106. The SMILES string of the molecule is C[C@H](NC(=O)Cc1cc(F)cc(F)c1)C(=O)NC(=O)[C@H](C)N[C@H](C)c1ccccc1. The van der Waals surface area contributed by atoms with Gasteiger partial charge < -0.3 is 5.32 Å². The van der Waals surface area contributed by atoms with E-state index in [4.69, 9.17) is 0 Å². The molecule has 0 heterocycles. The number of nitrogens with one attached hydrogen (secondary N) is 3. The predicted octanol–water partition coefficient (Wildman–Crippen LogP) is 2.39. The molecule has 160 valence electrons. The van der Waals surface area contributed by atoms with Gasteiger partial charge in [-0.25, -0.2) is 8.78 Å². The second kappa shape index (κ2) is 10.6. The Hall–Kier alpha value is -3.13. The average Bonchev–Trinajstić information content (AvgIpc) is 2.67. The summed E-state index contributed by atoms with van der Waals surface area (Å²) >= 11 is 0. The van der Waals surface area contributed by atoms with Crippen molar-refractivity contribution in [2.75, 3.05) is 0 Å². The molecule has 0 saturated heterocycles. The second-order valence-corrected chi connectivity index (χ2v) is 7.12. The molecule has 0 aliphatic carbocycles. The van der Waals surface area contributed by atoms with Crippen molar-refractivity contribution in [2.45, 2.75) is 45.3 Å². The highest BCUT2D eigenvalue weighted by atomic mass is 19.1. The fraction of sp³-hybridized carbons (Fsp3) is 0.318. The number of carbonyl (C=O) groups is 3. The molecular weight excluding hydrogens is 392 g/mol. The molecule has 2 aromatic carbocycles. The molecule has 0 aliphatic rings. The van der Waals surface area contributed by atoms with Gasteiger partial charge in [0, 0.05) is 12.1 Å². The molecule has 0 spiro atoms. The van der Waals surface area contributed by atoms with Crippen molar-refractivity contribution in [3.63, 3.8) is 0 Å². The lowest BCUT2D eigenvalue weighted by molar-refractivity contribution is -0.134. The van der Waals surface area contributed by atoms with Gasteiger partial charge in [0.05, 0.1) is 12.5 Å². The average molecular weight is 417 g/mol. The highest BCUT2D eigenvalue weighted by Gasteiger charge is 2.22. The number of rotatable bonds is 8. The summed E-state index contributed by atoms with van der Waals surface area (Å²) in [6, 6.07) is 10.6. The molecule has 2 aromatic rings. The van der Waals surface area contributed by atoms with Crippen molar-refractivity contribution in [2.24, 2.45) is 0 Å². The molecule has 6 nitrogen and oxygen atoms in total. The Morgan fingerprint density at radius 1 is 0.867 bits per heavy atom. The van der Waals surface area contributed by atoms with Gasteiger partial charge in [-0.05, 0) is 44.0 Å². The summed E-state index contributed by atoms with van der Waals surface area (Å²) in [4.78, 5) is 36.5. The first kappa shape index (κ1) is 23.2.